The minimum absolute atomic E-state index is 0.212. The van der Waals surface area contributed by atoms with Gasteiger partial charge in [-0.2, -0.15) is 0 Å². The quantitative estimate of drug-likeness (QED) is 0.831. The molecule has 2 rings (SSSR count). The number of hydrogen-bond donors (Lipinski definition) is 1. The van der Waals surface area contributed by atoms with Crippen LogP contribution < -0.4 is 10.5 Å². The zero-order valence-corrected chi connectivity index (χ0v) is 13.7. The smallest absolute Gasteiger partial charge is 0.124 e. The number of ether oxygens (including phenoxy) is 1. The molecule has 1 unspecified atom stereocenters. The molecule has 0 spiro atoms. The molecule has 0 heterocycles. The van der Waals surface area contributed by atoms with Gasteiger partial charge in [-0.1, -0.05) is 50.1 Å². The van der Waals surface area contributed by atoms with Crippen LogP contribution in [0.4, 0.5) is 0 Å². The molecular weight excluding hydrogens is 370 g/mol. The zero-order valence-electron chi connectivity index (χ0n) is 10.6. The maximum absolute atomic E-state index is 6.36. The van der Waals surface area contributed by atoms with Crippen molar-refractivity contribution in [1.29, 1.82) is 0 Å². The van der Waals surface area contributed by atoms with Crippen molar-refractivity contribution in [3.63, 3.8) is 0 Å². The molecule has 2 aromatic carbocycles. The molecule has 0 saturated heterocycles. The zero-order chi connectivity index (χ0) is 13.8. The predicted octanol–water partition coefficient (Wildman–Crippen LogP) is 4.66. The third kappa shape index (κ3) is 3.59. The van der Waals surface area contributed by atoms with E-state index in [0.29, 0.717) is 6.61 Å². The van der Waals surface area contributed by atoms with E-state index in [4.69, 9.17) is 10.5 Å². The molecule has 0 bridgehead atoms. The monoisotopic (exact) mass is 383 g/mol. The molecular formula is C15H15Br2NO. The Balaban J connectivity index is 2.40. The summed E-state index contributed by atoms with van der Waals surface area (Å²) in [5.74, 6) is 0.841. The fourth-order valence-corrected chi connectivity index (χ4v) is 3.29. The van der Waals surface area contributed by atoms with Crippen molar-refractivity contribution in [1.82, 2.24) is 0 Å². The highest BCUT2D eigenvalue weighted by atomic mass is 79.9. The van der Waals surface area contributed by atoms with Crippen LogP contribution in [-0.4, -0.2) is 6.61 Å². The van der Waals surface area contributed by atoms with Gasteiger partial charge in [-0.05, 0) is 36.8 Å². The normalized spacial score (nSPS) is 12.2. The number of benzene rings is 2. The Morgan fingerprint density at radius 2 is 1.74 bits per heavy atom. The first-order chi connectivity index (χ1) is 9.11. The standard InChI is InChI=1S/C15H15Br2NO/c1-2-19-14-6-4-3-5-13(14)15(18)10-7-11(16)9-12(17)8-10/h3-9,15H,2,18H2,1H3. The number of hydrogen-bond acceptors (Lipinski definition) is 2. The minimum atomic E-state index is -0.212. The van der Waals surface area contributed by atoms with Gasteiger partial charge in [-0.15, -0.1) is 0 Å². The van der Waals surface area contributed by atoms with E-state index in [1.54, 1.807) is 0 Å². The van der Waals surface area contributed by atoms with Crippen LogP contribution in [0.15, 0.2) is 51.4 Å². The van der Waals surface area contributed by atoms with Crippen LogP contribution in [0.2, 0.25) is 0 Å². The Morgan fingerprint density at radius 1 is 1.11 bits per heavy atom. The Kier molecular flexibility index (Phi) is 5.02. The molecule has 2 N–H and O–H groups in total. The lowest BCUT2D eigenvalue weighted by atomic mass is 9.99. The van der Waals surface area contributed by atoms with Gasteiger partial charge in [0.05, 0.1) is 12.6 Å². The predicted molar refractivity (Wildman–Crippen MR) is 85.5 cm³/mol. The van der Waals surface area contributed by atoms with Gasteiger partial charge in [0.25, 0.3) is 0 Å². The maximum Gasteiger partial charge on any atom is 0.124 e. The topological polar surface area (TPSA) is 35.2 Å². The van der Waals surface area contributed by atoms with E-state index in [-0.39, 0.29) is 6.04 Å². The van der Waals surface area contributed by atoms with Gasteiger partial charge in [0, 0.05) is 14.5 Å². The summed E-state index contributed by atoms with van der Waals surface area (Å²) in [6.07, 6.45) is 0. The molecule has 0 amide bonds. The van der Waals surface area contributed by atoms with E-state index in [1.807, 2.05) is 49.4 Å². The van der Waals surface area contributed by atoms with Gasteiger partial charge >= 0.3 is 0 Å². The fraction of sp³-hybridized carbons (Fsp3) is 0.200. The van der Waals surface area contributed by atoms with Crippen LogP contribution >= 0.6 is 31.9 Å². The lowest BCUT2D eigenvalue weighted by Crippen LogP contribution is -2.13. The SMILES string of the molecule is CCOc1ccccc1C(N)c1cc(Br)cc(Br)c1. The number of nitrogens with two attached hydrogens (primary N) is 1. The van der Waals surface area contributed by atoms with Crippen molar-refractivity contribution in [2.24, 2.45) is 5.73 Å². The van der Waals surface area contributed by atoms with E-state index < -0.39 is 0 Å². The Hall–Kier alpha value is -0.840. The van der Waals surface area contributed by atoms with Crippen molar-refractivity contribution in [2.75, 3.05) is 6.61 Å². The van der Waals surface area contributed by atoms with Gasteiger partial charge in [0.15, 0.2) is 0 Å². The molecule has 1 atom stereocenters. The first-order valence-electron chi connectivity index (χ1n) is 6.05. The number of halogens is 2. The van der Waals surface area contributed by atoms with Crippen LogP contribution in [0.25, 0.3) is 0 Å². The van der Waals surface area contributed by atoms with Crippen molar-refractivity contribution in [3.05, 3.63) is 62.5 Å². The van der Waals surface area contributed by atoms with Gasteiger partial charge < -0.3 is 10.5 Å². The third-order valence-electron chi connectivity index (χ3n) is 2.80. The molecule has 0 aliphatic heterocycles. The number of rotatable bonds is 4. The summed E-state index contributed by atoms with van der Waals surface area (Å²) in [6.45, 7) is 2.60. The van der Waals surface area contributed by atoms with Crippen LogP contribution in [0.1, 0.15) is 24.1 Å². The highest BCUT2D eigenvalue weighted by Gasteiger charge is 2.14. The second-order valence-corrected chi connectivity index (χ2v) is 5.98. The largest absolute Gasteiger partial charge is 0.494 e. The van der Waals surface area contributed by atoms with Crippen molar-refractivity contribution < 1.29 is 4.74 Å². The van der Waals surface area contributed by atoms with Gasteiger partial charge in [0.2, 0.25) is 0 Å². The first kappa shape index (κ1) is 14.6. The summed E-state index contributed by atoms with van der Waals surface area (Å²) in [5.41, 5.74) is 8.39. The van der Waals surface area contributed by atoms with E-state index in [0.717, 1.165) is 25.8 Å². The average molecular weight is 385 g/mol. The van der Waals surface area contributed by atoms with E-state index >= 15 is 0 Å². The molecule has 0 saturated carbocycles. The van der Waals surface area contributed by atoms with E-state index in [2.05, 4.69) is 31.9 Å². The van der Waals surface area contributed by atoms with Crippen LogP contribution in [-0.2, 0) is 0 Å². The van der Waals surface area contributed by atoms with Crippen molar-refractivity contribution in [2.45, 2.75) is 13.0 Å². The summed E-state index contributed by atoms with van der Waals surface area (Å²) in [7, 11) is 0. The molecule has 0 aliphatic carbocycles. The molecule has 2 aromatic rings. The summed E-state index contributed by atoms with van der Waals surface area (Å²) in [4.78, 5) is 0. The highest BCUT2D eigenvalue weighted by Crippen LogP contribution is 2.31. The maximum atomic E-state index is 6.36. The molecule has 19 heavy (non-hydrogen) atoms. The molecule has 2 nitrogen and oxygen atoms in total. The van der Waals surface area contributed by atoms with Crippen molar-refractivity contribution in [3.8, 4) is 5.75 Å². The second kappa shape index (κ2) is 6.55. The minimum Gasteiger partial charge on any atom is -0.494 e. The molecule has 0 aliphatic rings. The van der Waals surface area contributed by atoms with Crippen LogP contribution in [0.3, 0.4) is 0 Å². The lowest BCUT2D eigenvalue weighted by Gasteiger charge is -2.17. The molecule has 0 aromatic heterocycles. The summed E-state index contributed by atoms with van der Waals surface area (Å²) in [5, 5.41) is 0. The Labute approximate surface area is 130 Å². The Morgan fingerprint density at radius 3 is 2.37 bits per heavy atom. The average Bonchev–Trinajstić information content (AvgIpc) is 2.38. The molecule has 0 radical (unpaired) electrons. The Bertz CT molecular complexity index is 552. The molecule has 100 valence electrons. The van der Waals surface area contributed by atoms with Gasteiger partial charge in [-0.3, -0.25) is 0 Å². The van der Waals surface area contributed by atoms with Crippen LogP contribution in [0.5, 0.6) is 5.75 Å². The number of para-hydroxylation sites is 1. The third-order valence-corrected chi connectivity index (χ3v) is 3.71. The van der Waals surface area contributed by atoms with E-state index in [9.17, 15) is 0 Å². The van der Waals surface area contributed by atoms with E-state index in [1.165, 1.54) is 0 Å². The van der Waals surface area contributed by atoms with Gasteiger partial charge in [0.1, 0.15) is 5.75 Å². The van der Waals surface area contributed by atoms with Crippen molar-refractivity contribution >= 4 is 31.9 Å². The summed E-state index contributed by atoms with van der Waals surface area (Å²) >= 11 is 6.97. The van der Waals surface area contributed by atoms with Crippen LogP contribution in [0, 0.1) is 0 Å². The second-order valence-electron chi connectivity index (χ2n) is 4.15. The highest BCUT2D eigenvalue weighted by molar-refractivity contribution is 9.11. The first-order valence-corrected chi connectivity index (χ1v) is 7.63. The lowest BCUT2D eigenvalue weighted by molar-refractivity contribution is 0.335. The summed E-state index contributed by atoms with van der Waals surface area (Å²) in [6, 6.07) is 13.7. The molecule has 0 fully saturated rings. The molecule has 4 heteroatoms. The fourth-order valence-electron chi connectivity index (χ4n) is 1.96. The summed E-state index contributed by atoms with van der Waals surface area (Å²) < 4.78 is 7.64. The van der Waals surface area contributed by atoms with Gasteiger partial charge in [-0.25, -0.2) is 0 Å².